The molecule has 0 aliphatic rings. The lowest BCUT2D eigenvalue weighted by Gasteiger charge is -2.08. The molecule has 0 amide bonds. The van der Waals surface area contributed by atoms with Crippen molar-refractivity contribution < 1.29 is 8.42 Å². The minimum atomic E-state index is -3.40. The van der Waals surface area contributed by atoms with Gasteiger partial charge in [-0.05, 0) is 30.2 Å². The highest BCUT2D eigenvalue weighted by Gasteiger charge is 2.10. The number of nitrogens with zero attached hydrogens (tertiary/aromatic N) is 3. The topological polar surface area (TPSA) is 86.0 Å². The summed E-state index contributed by atoms with van der Waals surface area (Å²) in [5, 5.41) is 4.65. The predicted octanol–water partition coefficient (Wildman–Crippen LogP) is 3.14. The highest BCUT2D eigenvalue weighted by Crippen LogP contribution is 2.29. The van der Waals surface area contributed by atoms with Crippen LogP contribution >= 0.6 is 11.6 Å². The molecule has 9 heteroatoms. The van der Waals surface area contributed by atoms with Crippen molar-refractivity contribution in [2.24, 2.45) is 0 Å². The van der Waals surface area contributed by atoms with E-state index < -0.39 is 10.0 Å². The summed E-state index contributed by atoms with van der Waals surface area (Å²) in [6.45, 7) is 2.66. The van der Waals surface area contributed by atoms with E-state index in [2.05, 4.69) is 9.82 Å². The second-order valence-electron chi connectivity index (χ2n) is 6.16. The second kappa shape index (κ2) is 7.58. The zero-order chi connectivity index (χ0) is 19.6. The molecule has 0 unspecified atom stereocenters. The number of aromatic nitrogens is 3. The van der Waals surface area contributed by atoms with Crippen molar-refractivity contribution in [3.8, 4) is 16.8 Å². The van der Waals surface area contributed by atoms with E-state index >= 15 is 0 Å². The fourth-order valence-electron chi connectivity index (χ4n) is 2.66. The van der Waals surface area contributed by atoms with Gasteiger partial charge in [-0.25, -0.2) is 13.1 Å². The number of hydrogen-bond acceptors (Lipinski definition) is 4. The molecular weight excluding hydrogens is 388 g/mol. The second-order valence-corrected chi connectivity index (χ2v) is 8.32. The van der Waals surface area contributed by atoms with E-state index in [1.54, 1.807) is 45.9 Å². The molecule has 0 fully saturated rings. The van der Waals surface area contributed by atoms with Crippen LogP contribution in [0.25, 0.3) is 16.8 Å². The van der Waals surface area contributed by atoms with E-state index in [9.17, 15) is 13.2 Å². The van der Waals surface area contributed by atoms with Crippen LogP contribution < -0.4 is 10.3 Å². The minimum Gasteiger partial charge on any atom is -0.313 e. The average Bonchev–Trinajstić information content (AvgIpc) is 3.08. The van der Waals surface area contributed by atoms with Crippen molar-refractivity contribution in [3.05, 3.63) is 64.3 Å². The van der Waals surface area contributed by atoms with Gasteiger partial charge in [-0.3, -0.25) is 9.52 Å². The van der Waals surface area contributed by atoms with Gasteiger partial charge in [-0.1, -0.05) is 24.6 Å². The Morgan fingerprint density at radius 3 is 2.59 bits per heavy atom. The van der Waals surface area contributed by atoms with Gasteiger partial charge in [0.25, 0.3) is 5.56 Å². The summed E-state index contributed by atoms with van der Waals surface area (Å²) >= 11 is 6.19. The third-order valence-electron chi connectivity index (χ3n) is 3.88. The quantitative estimate of drug-likeness (QED) is 0.681. The van der Waals surface area contributed by atoms with Gasteiger partial charge in [0, 0.05) is 30.6 Å². The first-order chi connectivity index (χ1) is 12.8. The van der Waals surface area contributed by atoms with Gasteiger partial charge in [-0.2, -0.15) is 5.10 Å². The molecule has 2 heterocycles. The Labute approximate surface area is 162 Å². The largest absolute Gasteiger partial charge is 0.313 e. The molecular formula is C18H19ClN4O3S. The Balaban J connectivity index is 1.91. The van der Waals surface area contributed by atoms with Gasteiger partial charge in [-0.15, -0.1) is 0 Å². The Bertz CT molecular complexity index is 1140. The fourth-order valence-corrected chi connectivity index (χ4v) is 3.52. The molecule has 3 rings (SSSR count). The number of aryl methyl sites for hydroxylation is 1. The SMILES string of the molecule is CCCn1cc(-n2cc(-c3ccc(NS(C)(=O)=O)c(Cl)c3)cn2)ccc1=O. The molecule has 2 aromatic heterocycles. The van der Waals surface area contributed by atoms with Crippen LogP contribution in [0.1, 0.15) is 13.3 Å². The number of rotatable bonds is 6. The lowest BCUT2D eigenvalue weighted by atomic mass is 10.1. The third-order valence-corrected chi connectivity index (χ3v) is 4.78. The number of nitrogens with one attached hydrogen (secondary N) is 1. The lowest BCUT2D eigenvalue weighted by Crippen LogP contribution is -2.19. The van der Waals surface area contributed by atoms with Crippen molar-refractivity contribution in [2.45, 2.75) is 19.9 Å². The van der Waals surface area contributed by atoms with Gasteiger partial charge in [0.2, 0.25) is 10.0 Å². The molecule has 27 heavy (non-hydrogen) atoms. The van der Waals surface area contributed by atoms with Crippen molar-refractivity contribution in [1.82, 2.24) is 14.3 Å². The van der Waals surface area contributed by atoms with Crippen LogP contribution in [0.3, 0.4) is 0 Å². The molecule has 142 valence electrons. The van der Waals surface area contributed by atoms with Gasteiger partial charge in [0.15, 0.2) is 0 Å². The third kappa shape index (κ3) is 4.58. The summed E-state index contributed by atoms with van der Waals surface area (Å²) in [5.41, 5.74) is 2.66. The van der Waals surface area contributed by atoms with Crippen molar-refractivity contribution in [2.75, 3.05) is 11.0 Å². The summed E-state index contributed by atoms with van der Waals surface area (Å²) in [6.07, 6.45) is 7.21. The minimum absolute atomic E-state index is 0.0475. The maximum atomic E-state index is 11.9. The van der Waals surface area contributed by atoms with E-state index in [1.807, 2.05) is 13.1 Å². The first kappa shape index (κ1) is 19.2. The normalized spacial score (nSPS) is 11.5. The molecule has 0 radical (unpaired) electrons. The number of halogens is 1. The van der Waals surface area contributed by atoms with E-state index in [4.69, 9.17) is 11.6 Å². The van der Waals surface area contributed by atoms with E-state index in [0.717, 1.165) is 29.5 Å². The van der Waals surface area contributed by atoms with Gasteiger partial charge < -0.3 is 4.57 Å². The van der Waals surface area contributed by atoms with Gasteiger partial charge >= 0.3 is 0 Å². The maximum Gasteiger partial charge on any atom is 0.250 e. The monoisotopic (exact) mass is 406 g/mol. The molecule has 0 aliphatic carbocycles. The summed E-state index contributed by atoms with van der Waals surface area (Å²) in [5.74, 6) is 0. The lowest BCUT2D eigenvalue weighted by molar-refractivity contribution is 0.607. The van der Waals surface area contributed by atoms with Gasteiger partial charge in [0.1, 0.15) is 0 Å². The highest BCUT2D eigenvalue weighted by atomic mass is 35.5. The van der Waals surface area contributed by atoms with Crippen LogP contribution in [0, 0.1) is 0 Å². The van der Waals surface area contributed by atoms with Crippen LogP contribution in [-0.4, -0.2) is 29.0 Å². The summed E-state index contributed by atoms with van der Waals surface area (Å²) in [4.78, 5) is 11.9. The average molecular weight is 407 g/mol. The number of pyridine rings is 1. The molecule has 0 saturated heterocycles. The fraction of sp³-hybridized carbons (Fsp3) is 0.222. The molecule has 1 N–H and O–H groups in total. The summed E-state index contributed by atoms with van der Waals surface area (Å²) in [7, 11) is -3.40. The van der Waals surface area contributed by atoms with Crippen molar-refractivity contribution >= 4 is 27.3 Å². The summed E-state index contributed by atoms with van der Waals surface area (Å²) < 4.78 is 28.4. The molecule has 0 atom stereocenters. The predicted molar refractivity (Wildman–Crippen MR) is 107 cm³/mol. The Kier molecular flexibility index (Phi) is 5.38. The Hall–Kier alpha value is -2.58. The van der Waals surface area contributed by atoms with E-state index in [-0.39, 0.29) is 5.56 Å². The van der Waals surface area contributed by atoms with Crippen LogP contribution in [0.4, 0.5) is 5.69 Å². The van der Waals surface area contributed by atoms with Crippen LogP contribution in [-0.2, 0) is 16.6 Å². The summed E-state index contributed by atoms with van der Waals surface area (Å²) in [6, 6.07) is 8.29. The van der Waals surface area contributed by atoms with Crippen LogP contribution in [0.5, 0.6) is 0 Å². The molecule has 7 nitrogen and oxygen atoms in total. The standard InChI is InChI=1S/C18H19ClN4O3S/c1-3-8-22-12-15(5-7-18(22)24)23-11-14(10-20-23)13-4-6-17(16(19)9-13)21-27(2,25)26/h4-7,9-12,21H,3,8H2,1-2H3. The molecule has 0 bridgehead atoms. The first-order valence-electron chi connectivity index (χ1n) is 8.30. The van der Waals surface area contributed by atoms with E-state index in [1.165, 1.54) is 6.07 Å². The molecule has 0 spiro atoms. The molecule has 0 aliphatic heterocycles. The van der Waals surface area contributed by atoms with Crippen LogP contribution in [0.2, 0.25) is 5.02 Å². The number of benzene rings is 1. The molecule has 1 aromatic carbocycles. The maximum absolute atomic E-state index is 11.9. The van der Waals surface area contributed by atoms with Gasteiger partial charge in [0.05, 0.1) is 28.9 Å². The van der Waals surface area contributed by atoms with Crippen molar-refractivity contribution in [1.29, 1.82) is 0 Å². The molecule has 3 aromatic rings. The number of hydrogen-bond donors (Lipinski definition) is 1. The zero-order valence-corrected chi connectivity index (χ0v) is 16.5. The molecule has 0 saturated carbocycles. The smallest absolute Gasteiger partial charge is 0.250 e. The highest BCUT2D eigenvalue weighted by molar-refractivity contribution is 7.92. The Morgan fingerprint density at radius 2 is 1.93 bits per heavy atom. The number of sulfonamides is 1. The van der Waals surface area contributed by atoms with Crippen molar-refractivity contribution in [3.63, 3.8) is 0 Å². The van der Waals surface area contributed by atoms with E-state index in [0.29, 0.717) is 17.3 Å². The zero-order valence-electron chi connectivity index (χ0n) is 14.9. The number of anilines is 1. The Morgan fingerprint density at radius 1 is 1.15 bits per heavy atom. The first-order valence-corrected chi connectivity index (χ1v) is 10.6. The van der Waals surface area contributed by atoms with Crippen LogP contribution in [0.15, 0.2) is 53.7 Å².